The number of amides is 1. The van der Waals surface area contributed by atoms with Gasteiger partial charge in [-0.05, 0) is 12.1 Å². The summed E-state index contributed by atoms with van der Waals surface area (Å²) in [5, 5.41) is 0.253. The van der Waals surface area contributed by atoms with Gasteiger partial charge in [0.15, 0.2) is 11.0 Å². The molecule has 1 saturated heterocycles. The SMILES string of the molecule is O=C(c1nc2ccccc2[nH]1)N1CCC(Oc2nccnc2Cl)CC1. The van der Waals surface area contributed by atoms with Gasteiger partial charge in [-0.3, -0.25) is 4.79 Å². The number of imidazole rings is 1. The van der Waals surface area contributed by atoms with Gasteiger partial charge in [0, 0.05) is 38.3 Å². The van der Waals surface area contributed by atoms with Crippen molar-refractivity contribution in [3.8, 4) is 5.88 Å². The Labute approximate surface area is 149 Å². The highest BCUT2D eigenvalue weighted by molar-refractivity contribution is 6.30. The number of hydrogen-bond donors (Lipinski definition) is 1. The zero-order valence-electron chi connectivity index (χ0n) is 13.4. The number of carbonyl (C=O) groups is 1. The average molecular weight is 358 g/mol. The van der Waals surface area contributed by atoms with Gasteiger partial charge in [0.05, 0.1) is 11.0 Å². The van der Waals surface area contributed by atoms with E-state index in [0.717, 1.165) is 11.0 Å². The van der Waals surface area contributed by atoms with Gasteiger partial charge in [-0.1, -0.05) is 23.7 Å². The molecule has 1 amide bonds. The van der Waals surface area contributed by atoms with E-state index in [-0.39, 0.29) is 17.2 Å². The molecule has 0 atom stereocenters. The third-order valence-corrected chi connectivity index (χ3v) is 4.48. The van der Waals surface area contributed by atoms with Gasteiger partial charge < -0.3 is 14.6 Å². The van der Waals surface area contributed by atoms with Crippen LogP contribution in [0.2, 0.25) is 5.15 Å². The summed E-state index contributed by atoms with van der Waals surface area (Å²) >= 11 is 5.97. The first-order valence-electron chi connectivity index (χ1n) is 8.08. The number of rotatable bonds is 3. The number of carbonyl (C=O) groups excluding carboxylic acids is 1. The fourth-order valence-electron chi connectivity index (χ4n) is 2.93. The second-order valence-electron chi connectivity index (χ2n) is 5.86. The standard InChI is InChI=1S/C17H16ClN5O2/c18-14-16(20-8-7-19-14)25-11-5-9-23(10-6-11)17(24)15-21-12-3-1-2-4-13(12)22-15/h1-4,7-8,11H,5-6,9-10H2,(H,21,22). The van der Waals surface area contributed by atoms with Crippen LogP contribution in [0.3, 0.4) is 0 Å². The maximum Gasteiger partial charge on any atom is 0.289 e. The molecule has 1 aromatic carbocycles. The minimum Gasteiger partial charge on any atom is -0.472 e. The zero-order chi connectivity index (χ0) is 17.2. The van der Waals surface area contributed by atoms with E-state index in [4.69, 9.17) is 16.3 Å². The highest BCUT2D eigenvalue weighted by Crippen LogP contribution is 2.23. The summed E-state index contributed by atoms with van der Waals surface area (Å²) in [7, 11) is 0. The van der Waals surface area contributed by atoms with Crippen molar-refractivity contribution in [2.45, 2.75) is 18.9 Å². The number of para-hydroxylation sites is 2. The molecule has 1 aliphatic heterocycles. The fraction of sp³-hybridized carbons (Fsp3) is 0.294. The van der Waals surface area contributed by atoms with Crippen LogP contribution in [0, 0.1) is 0 Å². The topological polar surface area (TPSA) is 84.0 Å². The highest BCUT2D eigenvalue weighted by atomic mass is 35.5. The smallest absolute Gasteiger partial charge is 0.289 e. The molecule has 3 heterocycles. The van der Waals surface area contributed by atoms with Crippen molar-refractivity contribution in [2.24, 2.45) is 0 Å². The number of hydrogen-bond acceptors (Lipinski definition) is 5. The summed E-state index contributed by atoms with van der Waals surface area (Å²) in [6.07, 6.45) is 4.44. The predicted octanol–water partition coefficient (Wildman–Crippen LogP) is 2.69. The van der Waals surface area contributed by atoms with E-state index in [1.807, 2.05) is 24.3 Å². The van der Waals surface area contributed by atoms with E-state index < -0.39 is 0 Å². The van der Waals surface area contributed by atoms with Gasteiger partial charge in [-0.25, -0.2) is 15.0 Å². The average Bonchev–Trinajstić information content (AvgIpc) is 3.08. The summed E-state index contributed by atoms with van der Waals surface area (Å²) < 4.78 is 5.80. The molecule has 128 valence electrons. The molecule has 0 radical (unpaired) electrons. The largest absolute Gasteiger partial charge is 0.472 e. The number of fused-ring (bicyclic) bond motifs is 1. The Bertz CT molecular complexity index is 872. The zero-order valence-corrected chi connectivity index (χ0v) is 14.1. The second kappa shape index (κ2) is 6.68. The van der Waals surface area contributed by atoms with Gasteiger partial charge in [-0.2, -0.15) is 0 Å². The quantitative estimate of drug-likeness (QED) is 0.779. The second-order valence-corrected chi connectivity index (χ2v) is 6.22. The molecule has 8 heteroatoms. The van der Waals surface area contributed by atoms with Gasteiger partial charge in [0.2, 0.25) is 0 Å². The first-order chi connectivity index (χ1) is 12.2. The number of H-pyrrole nitrogens is 1. The molecular formula is C17H16ClN5O2. The highest BCUT2D eigenvalue weighted by Gasteiger charge is 2.27. The summed E-state index contributed by atoms with van der Waals surface area (Å²) in [5.41, 5.74) is 1.66. The molecule has 7 nitrogen and oxygen atoms in total. The molecule has 1 N–H and O–H groups in total. The third kappa shape index (κ3) is 3.28. The monoisotopic (exact) mass is 357 g/mol. The van der Waals surface area contributed by atoms with Crippen LogP contribution in [-0.2, 0) is 0 Å². The summed E-state index contributed by atoms with van der Waals surface area (Å²) in [6.45, 7) is 1.19. The molecule has 0 spiro atoms. The Balaban J connectivity index is 1.39. The molecule has 1 fully saturated rings. The Morgan fingerprint density at radius 1 is 1.20 bits per heavy atom. The fourth-order valence-corrected chi connectivity index (χ4v) is 3.08. The van der Waals surface area contributed by atoms with Crippen LogP contribution in [0.25, 0.3) is 11.0 Å². The number of ether oxygens (including phenoxy) is 1. The van der Waals surface area contributed by atoms with Crippen molar-refractivity contribution in [2.75, 3.05) is 13.1 Å². The van der Waals surface area contributed by atoms with Crippen molar-refractivity contribution in [1.82, 2.24) is 24.8 Å². The number of likely N-dealkylation sites (tertiary alicyclic amines) is 1. The van der Waals surface area contributed by atoms with Gasteiger partial charge in [0.1, 0.15) is 6.10 Å². The van der Waals surface area contributed by atoms with Crippen LogP contribution in [0.5, 0.6) is 5.88 Å². The summed E-state index contributed by atoms with van der Waals surface area (Å²) in [5.74, 6) is 0.621. The lowest BCUT2D eigenvalue weighted by molar-refractivity contribution is 0.0577. The molecular weight excluding hydrogens is 342 g/mol. The molecule has 0 bridgehead atoms. The van der Waals surface area contributed by atoms with E-state index in [1.165, 1.54) is 6.20 Å². The Morgan fingerprint density at radius 3 is 2.72 bits per heavy atom. The first kappa shape index (κ1) is 15.8. The maximum atomic E-state index is 12.6. The van der Waals surface area contributed by atoms with E-state index in [2.05, 4.69) is 19.9 Å². The van der Waals surface area contributed by atoms with Crippen LogP contribution in [0.4, 0.5) is 0 Å². The molecule has 4 rings (SSSR count). The Morgan fingerprint density at radius 2 is 1.96 bits per heavy atom. The molecule has 2 aromatic heterocycles. The van der Waals surface area contributed by atoms with Crippen molar-refractivity contribution >= 4 is 28.5 Å². The third-order valence-electron chi connectivity index (χ3n) is 4.22. The van der Waals surface area contributed by atoms with Crippen molar-refractivity contribution in [3.63, 3.8) is 0 Å². The van der Waals surface area contributed by atoms with Crippen molar-refractivity contribution in [1.29, 1.82) is 0 Å². The van der Waals surface area contributed by atoms with Crippen LogP contribution >= 0.6 is 11.6 Å². The van der Waals surface area contributed by atoms with Crippen LogP contribution in [0.1, 0.15) is 23.5 Å². The Kier molecular flexibility index (Phi) is 4.23. The Hall–Kier alpha value is -2.67. The first-order valence-corrected chi connectivity index (χ1v) is 8.45. The summed E-state index contributed by atoms with van der Waals surface area (Å²) in [6, 6.07) is 7.60. The lowest BCUT2D eigenvalue weighted by atomic mass is 10.1. The van der Waals surface area contributed by atoms with Crippen LogP contribution in [-0.4, -0.2) is 49.9 Å². The van der Waals surface area contributed by atoms with Gasteiger partial charge >= 0.3 is 0 Å². The van der Waals surface area contributed by atoms with Gasteiger partial charge in [-0.15, -0.1) is 0 Å². The molecule has 3 aromatic rings. The van der Waals surface area contributed by atoms with E-state index in [0.29, 0.717) is 37.6 Å². The normalized spacial score (nSPS) is 15.5. The number of aromatic nitrogens is 4. The maximum absolute atomic E-state index is 12.6. The molecule has 1 aliphatic rings. The molecule has 0 unspecified atom stereocenters. The number of halogens is 1. The molecule has 25 heavy (non-hydrogen) atoms. The minimum absolute atomic E-state index is 0.0334. The van der Waals surface area contributed by atoms with Crippen molar-refractivity contribution < 1.29 is 9.53 Å². The van der Waals surface area contributed by atoms with E-state index >= 15 is 0 Å². The summed E-state index contributed by atoms with van der Waals surface area (Å²) in [4.78, 5) is 29.9. The van der Waals surface area contributed by atoms with Gasteiger partial charge in [0.25, 0.3) is 11.8 Å². The van der Waals surface area contributed by atoms with Crippen molar-refractivity contribution in [3.05, 3.63) is 47.6 Å². The molecule has 0 saturated carbocycles. The number of nitrogens with one attached hydrogen (secondary N) is 1. The number of piperidine rings is 1. The lowest BCUT2D eigenvalue weighted by Gasteiger charge is -2.31. The number of nitrogens with zero attached hydrogens (tertiary/aromatic N) is 4. The minimum atomic E-state index is -0.0906. The van der Waals surface area contributed by atoms with E-state index in [1.54, 1.807) is 11.1 Å². The van der Waals surface area contributed by atoms with E-state index in [9.17, 15) is 4.79 Å². The lowest BCUT2D eigenvalue weighted by Crippen LogP contribution is -2.42. The number of aromatic amines is 1. The van der Waals surface area contributed by atoms with Crippen LogP contribution < -0.4 is 4.74 Å². The predicted molar refractivity (Wildman–Crippen MR) is 92.7 cm³/mol. The van der Waals surface area contributed by atoms with Crippen LogP contribution in [0.15, 0.2) is 36.7 Å². The number of benzene rings is 1. The molecule has 0 aliphatic carbocycles.